The molecule has 1 atom stereocenters. The zero-order valence-corrected chi connectivity index (χ0v) is 7.02. The molecule has 0 aliphatic carbocycles. The Bertz CT molecular complexity index is 148. The number of halogens is 2. The molecule has 0 aromatic heterocycles. The van der Waals surface area contributed by atoms with E-state index in [1.165, 1.54) is 0 Å². The molecule has 0 fully saturated rings. The maximum Gasteiger partial charge on any atom is 0.150 e. The Kier molecular flexibility index (Phi) is 8.04. The molecule has 0 amide bonds. The summed E-state index contributed by atoms with van der Waals surface area (Å²) in [4.78, 5) is 0. The predicted molar refractivity (Wildman–Crippen MR) is 44.2 cm³/mol. The molecule has 3 heteroatoms. The number of hydrogen-bond acceptors (Lipinski definition) is 1. The molecule has 1 N–H and O–H groups in total. The van der Waals surface area contributed by atoms with Crippen LogP contribution in [0.5, 0.6) is 0 Å². The van der Waals surface area contributed by atoms with Gasteiger partial charge in [-0.05, 0) is 19.3 Å². The first-order valence-electron chi connectivity index (χ1n) is 4.09. The molecule has 0 rings (SSSR count). The van der Waals surface area contributed by atoms with Gasteiger partial charge in [-0.1, -0.05) is 18.3 Å². The van der Waals surface area contributed by atoms with Crippen LogP contribution in [-0.4, -0.2) is 24.6 Å². The highest BCUT2D eigenvalue weighted by Crippen LogP contribution is 2.02. The van der Waals surface area contributed by atoms with Crippen molar-refractivity contribution in [3.8, 4) is 11.8 Å². The predicted octanol–water partition coefficient (Wildman–Crippen LogP) is 1.85. The number of rotatable bonds is 5. The van der Waals surface area contributed by atoms with Crippen LogP contribution in [0.25, 0.3) is 0 Å². The van der Waals surface area contributed by atoms with Crippen LogP contribution >= 0.6 is 0 Å². The van der Waals surface area contributed by atoms with Gasteiger partial charge in [0.25, 0.3) is 0 Å². The largest absolute Gasteiger partial charge is 0.380 e. The second-order valence-corrected chi connectivity index (χ2v) is 2.51. The third-order valence-corrected chi connectivity index (χ3v) is 1.45. The average Bonchev–Trinajstić information content (AvgIpc) is 2.09. The van der Waals surface area contributed by atoms with Gasteiger partial charge in [0.05, 0.1) is 6.67 Å². The van der Waals surface area contributed by atoms with Gasteiger partial charge in [-0.15, -0.1) is 0 Å². The zero-order chi connectivity index (χ0) is 9.23. The van der Waals surface area contributed by atoms with Crippen LogP contribution in [0.3, 0.4) is 0 Å². The van der Waals surface area contributed by atoms with Crippen molar-refractivity contribution in [1.82, 2.24) is 0 Å². The molecule has 70 valence electrons. The van der Waals surface area contributed by atoms with Crippen LogP contribution in [-0.2, 0) is 0 Å². The van der Waals surface area contributed by atoms with Crippen LogP contribution in [0.2, 0.25) is 0 Å². The monoisotopic (exact) mass is 176 g/mol. The molecule has 0 spiro atoms. The van der Waals surface area contributed by atoms with E-state index in [9.17, 15) is 8.78 Å². The Labute approximate surface area is 71.8 Å². The molecule has 0 aromatic carbocycles. The van der Waals surface area contributed by atoms with Crippen molar-refractivity contribution in [2.75, 3.05) is 13.3 Å². The number of aliphatic hydroxyl groups is 1. The Morgan fingerprint density at radius 3 is 2.50 bits per heavy atom. The summed E-state index contributed by atoms with van der Waals surface area (Å²) in [5.74, 6) is 4.49. The molecular formula is C9H14F2O. The lowest BCUT2D eigenvalue weighted by Crippen LogP contribution is -2.02. The average molecular weight is 176 g/mol. The second-order valence-electron chi connectivity index (χ2n) is 2.51. The zero-order valence-electron chi connectivity index (χ0n) is 7.02. The summed E-state index contributed by atoms with van der Waals surface area (Å²) in [5, 5.41) is 9.05. The lowest BCUT2D eigenvalue weighted by molar-refractivity contribution is 0.216. The van der Waals surface area contributed by atoms with Gasteiger partial charge in [-0.2, -0.15) is 0 Å². The van der Waals surface area contributed by atoms with Crippen LogP contribution in [0, 0.1) is 11.8 Å². The summed E-state index contributed by atoms with van der Waals surface area (Å²) in [6, 6.07) is 0. The van der Waals surface area contributed by atoms with Gasteiger partial charge in [0.2, 0.25) is 0 Å². The summed E-state index contributed by atoms with van der Waals surface area (Å²) in [6.07, 6.45) is 1.79. The fraction of sp³-hybridized carbons (Fsp3) is 0.778. The topological polar surface area (TPSA) is 20.2 Å². The molecule has 1 nitrogen and oxygen atoms in total. The van der Waals surface area contributed by atoms with Gasteiger partial charge in [-0.3, -0.25) is 4.39 Å². The van der Waals surface area contributed by atoms with Gasteiger partial charge in [0, 0.05) is 0 Å². The number of hydrogen-bond donors (Lipinski definition) is 1. The Morgan fingerprint density at radius 1 is 1.17 bits per heavy atom. The highest BCUT2D eigenvalue weighted by Gasteiger charge is 1.97. The van der Waals surface area contributed by atoms with E-state index in [2.05, 4.69) is 11.8 Å². The van der Waals surface area contributed by atoms with E-state index in [1.807, 2.05) is 0 Å². The van der Waals surface area contributed by atoms with Crippen LogP contribution < -0.4 is 0 Å². The fourth-order valence-corrected chi connectivity index (χ4v) is 0.838. The summed E-state index contributed by atoms with van der Waals surface area (Å²) in [5.41, 5.74) is 0. The summed E-state index contributed by atoms with van der Waals surface area (Å²) in [7, 11) is 0. The SMILES string of the molecule is OC(C#CCF)CCCCCF. The van der Waals surface area contributed by atoms with E-state index in [0.717, 1.165) is 12.8 Å². The summed E-state index contributed by atoms with van der Waals surface area (Å²) in [6.45, 7) is -1.03. The Balaban J connectivity index is 3.25. The van der Waals surface area contributed by atoms with Crippen molar-refractivity contribution in [2.24, 2.45) is 0 Å². The molecule has 0 saturated carbocycles. The third-order valence-electron chi connectivity index (χ3n) is 1.45. The lowest BCUT2D eigenvalue weighted by atomic mass is 10.1. The molecule has 0 aliphatic heterocycles. The maximum absolute atomic E-state index is 11.6. The van der Waals surface area contributed by atoms with E-state index in [0.29, 0.717) is 12.8 Å². The Morgan fingerprint density at radius 2 is 1.92 bits per heavy atom. The molecule has 12 heavy (non-hydrogen) atoms. The van der Waals surface area contributed by atoms with Crippen molar-refractivity contribution in [3.05, 3.63) is 0 Å². The van der Waals surface area contributed by atoms with E-state index in [4.69, 9.17) is 5.11 Å². The summed E-state index contributed by atoms with van der Waals surface area (Å²) < 4.78 is 23.0. The normalized spacial score (nSPS) is 11.9. The van der Waals surface area contributed by atoms with Gasteiger partial charge in [0.1, 0.15) is 12.8 Å². The summed E-state index contributed by atoms with van der Waals surface area (Å²) >= 11 is 0. The molecule has 0 bridgehead atoms. The van der Waals surface area contributed by atoms with E-state index in [-0.39, 0.29) is 6.67 Å². The third kappa shape index (κ3) is 7.49. The highest BCUT2D eigenvalue weighted by atomic mass is 19.1. The first-order valence-corrected chi connectivity index (χ1v) is 4.09. The van der Waals surface area contributed by atoms with Gasteiger partial charge in [0.15, 0.2) is 0 Å². The molecule has 0 aromatic rings. The maximum atomic E-state index is 11.6. The lowest BCUT2D eigenvalue weighted by Gasteiger charge is -2.00. The van der Waals surface area contributed by atoms with E-state index in [1.54, 1.807) is 0 Å². The molecule has 0 aliphatic rings. The van der Waals surface area contributed by atoms with Gasteiger partial charge >= 0.3 is 0 Å². The second kappa shape index (κ2) is 8.48. The minimum Gasteiger partial charge on any atom is -0.380 e. The number of aliphatic hydroxyl groups excluding tert-OH is 1. The quantitative estimate of drug-likeness (QED) is 0.500. The van der Waals surface area contributed by atoms with Crippen molar-refractivity contribution in [3.63, 3.8) is 0 Å². The standard InChI is InChI=1S/C9H14F2O/c10-7-3-1-2-5-9(12)6-4-8-11/h9,12H,1-3,5,7-8H2. The molecular weight excluding hydrogens is 162 g/mol. The van der Waals surface area contributed by atoms with Crippen LogP contribution in [0.15, 0.2) is 0 Å². The molecule has 1 unspecified atom stereocenters. The van der Waals surface area contributed by atoms with E-state index < -0.39 is 12.8 Å². The first kappa shape index (κ1) is 11.4. The van der Waals surface area contributed by atoms with E-state index >= 15 is 0 Å². The van der Waals surface area contributed by atoms with Crippen molar-refractivity contribution < 1.29 is 13.9 Å². The number of unbranched alkanes of at least 4 members (excludes halogenated alkanes) is 2. The highest BCUT2D eigenvalue weighted by molar-refractivity contribution is 5.04. The molecule has 0 heterocycles. The number of alkyl halides is 2. The van der Waals surface area contributed by atoms with Gasteiger partial charge < -0.3 is 5.11 Å². The van der Waals surface area contributed by atoms with Crippen molar-refractivity contribution in [1.29, 1.82) is 0 Å². The van der Waals surface area contributed by atoms with Crippen molar-refractivity contribution in [2.45, 2.75) is 31.8 Å². The van der Waals surface area contributed by atoms with Crippen LogP contribution in [0.1, 0.15) is 25.7 Å². The minimum atomic E-state index is -0.750. The molecule has 0 radical (unpaired) electrons. The minimum absolute atomic E-state index is 0.313. The van der Waals surface area contributed by atoms with Gasteiger partial charge in [-0.25, -0.2) is 4.39 Å². The van der Waals surface area contributed by atoms with Crippen molar-refractivity contribution >= 4 is 0 Å². The first-order chi connectivity index (χ1) is 5.81. The Hall–Kier alpha value is -0.620. The molecule has 0 saturated heterocycles. The van der Waals surface area contributed by atoms with Crippen LogP contribution in [0.4, 0.5) is 8.78 Å². The fourth-order valence-electron chi connectivity index (χ4n) is 0.838. The smallest absolute Gasteiger partial charge is 0.150 e.